The Balaban J connectivity index is 1.74. The van der Waals surface area contributed by atoms with Gasteiger partial charge >= 0.3 is 5.97 Å². The SMILES string of the molecule is CCSC1=C(C(=O)O)N2C(=O)C(NC(=O)Cc3ccccc3)[C@@H]2[S+]([O-])C1. The standard InChI is InChI=1S/C17H18N2O5S2/c1-2-25-11-9-26(24)16-13(15(21)19(16)14(11)17(22)23)18-12(20)8-10-6-4-3-5-7-10/h3-7,13,16H,2,8-9H2,1H3,(H,18,20)(H,22,23)/t13?,16-,26?/m0/s1. The molecule has 7 nitrogen and oxygen atoms in total. The monoisotopic (exact) mass is 394 g/mol. The van der Waals surface area contributed by atoms with Crippen LogP contribution in [0.15, 0.2) is 40.9 Å². The van der Waals surface area contributed by atoms with Crippen LogP contribution in [0.1, 0.15) is 12.5 Å². The molecule has 0 spiro atoms. The van der Waals surface area contributed by atoms with Crippen LogP contribution in [0.3, 0.4) is 0 Å². The first-order valence-electron chi connectivity index (χ1n) is 8.06. The van der Waals surface area contributed by atoms with Gasteiger partial charge < -0.3 is 15.0 Å². The van der Waals surface area contributed by atoms with E-state index in [0.717, 1.165) is 10.5 Å². The first-order chi connectivity index (χ1) is 12.4. The van der Waals surface area contributed by atoms with Crippen molar-refractivity contribution in [1.82, 2.24) is 10.2 Å². The molecule has 0 saturated carbocycles. The maximum atomic E-state index is 12.5. The van der Waals surface area contributed by atoms with E-state index in [1.807, 2.05) is 25.1 Å². The van der Waals surface area contributed by atoms with Gasteiger partial charge in [-0.15, -0.1) is 11.8 Å². The van der Waals surface area contributed by atoms with E-state index in [-0.39, 0.29) is 23.8 Å². The summed E-state index contributed by atoms with van der Waals surface area (Å²) < 4.78 is 12.5. The van der Waals surface area contributed by atoms with E-state index < -0.39 is 34.5 Å². The number of carboxylic acids is 1. The fourth-order valence-corrected chi connectivity index (χ4v) is 5.88. The summed E-state index contributed by atoms with van der Waals surface area (Å²) >= 11 is -0.187. The van der Waals surface area contributed by atoms with Crippen LogP contribution in [-0.2, 0) is 32.0 Å². The van der Waals surface area contributed by atoms with Gasteiger partial charge in [0.05, 0.1) is 11.3 Å². The maximum absolute atomic E-state index is 12.5. The zero-order valence-electron chi connectivity index (χ0n) is 14.0. The summed E-state index contributed by atoms with van der Waals surface area (Å²) in [6.07, 6.45) is 0.0997. The lowest BCUT2D eigenvalue weighted by atomic mass is 10.0. The molecule has 26 heavy (non-hydrogen) atoms. The molecule has 0 aliphatic carbocycles. The highest BCUT2D eigenvalue weighted by atomic mass is 32.2. The Labute approximate surface area is 158 Å². The van der Waals surface area contributed by atoms with Crippen molar-refractivity contribution < 1.29 is 24.0 Å². The van der Waals surface area contributed by atoms with Gasteiger partial charge in [0.25, 0.3) is 5.91 Å². The molecule has 1 aromatic rings. The molecule has 2 unspecified atom stereocenters. The molecule has 3 atom stereocenters. The summed E-state index contributed by atoms with van der Waals surface area (Å²) in [6, 6.07) is 8.11. The molecule has 1 saturated heterocycles. The number of fused-ring (bicyclic) bond motifs is 1. The van der Waals surface area contributed by atoms with Crippen LogP contribution >= 0.6 is 11.8 Å². The Morgan fingerprint density at radius 3 is 2.69 bits per heavy atom. The van der Waals surface area contributed by atoms with Gasteiger partial charge in [0.15, 0.2) is 6.04 Å². The third kappa shape index (κ3) is 3.46. The largest absolute Gasteiger partial charge is 0.614 e. The molecule has 3 rings (SSSR count). The topological polar surface area (TPSA) is 110 Å². The molecule has 2 aliphatic rings. The molecule has 2 amide bonds. The van der Waals surface area contributed by atoms with Gasteiger partial charge in [-0.2, -0.15) is 0 Å². The molecule has 138 valence electrons. The van der Waals surface area contributed by atoms with E-state index in [0.29, 0.717) is 10.7 Å². The molecule has 1 aromatic carbocycles. The van der Waals surface area contributed by atoms with Gasteiger partial charge in [0.1, 0.15) is 11.4 Å². The van der Waals surface area contributed by atoms with Gasteiger partial charge in [-0.3, -0.25) is 14.5 Å². The third-order valence-corrected chi connectivity index (χ3v) is 6.89. The number of hydrogen-bond donors (Lipinski definition) is 2. The lowest BCUT2D eigenvalue weighted by Gasteiger charge is -2.48. The summed E-state index contributed by atoms with van der Waals surface area (Å²) in [5.74, 6) is -1.41. The van der Waals surface area contributed by atoms with E-state index in [9.17, 15) is 24.0 Å². The highest BCUT2D eigenvalue weighted by molar-refractivity contribution is 8.04. The van der Waals surface area contributed by atoms with Crippen molar-refractivity contribution in [3.05, 3.63) is 46.5 Å². The van der Waals surface area contributed by atoms with E-state index in [1.54, 1.807) is 12.1 Å². The Morgan fingerprint density at radius 2 is 2.08 bits per heavy atom. The Kier molecular flexibility index (Phi) is 5.59. The minimum absolute atomic E-state index is 0.0830. The number of carboxylic acid groups (broad SMARTS) is 1. The van der Waals surface area contributed by atoms with Gasteiger partial charge in [-0.1, -0.05) is 37.3 Å². The van der Waals surface area contributed by atoms with Gasteiger partial charge in [-0.05, 0) is 22.5 Å². The Bertz CT molecular complexity index is 768. The number of hydrogen-bond acceptors (Lipinski definition) is 5. The second-order valence-electron chi connectivity index (χ2n) is 5.84. The lowest BCUT2D eigenvalue weighted by molar-refractivity contribution is -0.151. The number of amides is 2. The van der Waals surface area contributed by atoms with Gasteiger partial charge in [0.2, 0.25) is 11.3 Å². The van der Waals surface area contributed by atoms with Gasteiger partial charge in [0, 0.05) is 0 Å². The molecular weight excluding hydrogens is 376 g/mol. The number of nitrogens with one attached hydrogen (secondary N) is 1. The molecule has 2 heterocycles. The normalized spacial score (nSPS) is 24.8. The fourth-order valence-electron chi connectivity index (χ4n) is 3.03. The Morgan fingerprint density at radius 1 is 1.38 bits per heavy atom. The molecule has 2 N–H and O–H groups in total. The van der Waals surface area contributed by atoms with E-state index in [4.69, 9.17) is 0 Å². The van der Waals surface area contributed by atoms with Crippen molar-refractivity contribution in [3.63, 3.8) is 0 Å². The minimum atomic E-state index is -1.46. The number of benzene rings is 1. The number of rotatable bonds is 6. The number of carbonyl (C=O) groups is 3. The van der Waals surface area contributed by atoms with Crippen LogP contribution in [0.5, 0.6) is 0 Å². The molecule has 0 aromatic heterocycles. The summed E-state index contributed by atoms with van der Waals surface area (Å²) in [6.45, 7) is 1.86. The van der Waals surface area contributed by atoms with Crippen molar-refractivity contribution in [1.29, 1.82) is 0 Å². The number of carbonyl (C=O) groups excluding carboxylic acids is 2. The molecule has 9 heteroatoms. The zero-order valence-corrected chi connectivity index (χ0v) is 15.6. The number of aliphatic carboxylic acids is 1. The van der Waals surface area contributed by atoms with Crippen LogP contribution in [0.4, 0.5) is 0 Å². The quantitative estimate of drug-likeness (QED) is 0.543. The number of β-lactam (4-membered cyclic amide) rings is 1. The Hall–Kier alpha value is -1.97. The van der Waals surface area contributed by atoms with E-state index >= 15 is 0 Å². The van der Waals surface area contributed by atoms with Crippen LogP contribution in [0.25, 0.3) is 0 Å². The van der Waals surface area contributed by atoms with Gasteiger partial charge in [-0.25, -0.2) is 4.79 Å². The first-order valence-corrected chi connectivity index (χ1v) is 10.4. The first kappa shape index (κ1) is 18.8. The lowest BCUT2D eigenvalue weighted by Crippen LogP contribution is -2.74. The summed E-state index contributed by atoms with van der Waals surface area (Å²) in [7, 11) is 0. The molecule has 0 radical (unpaired) electrons. The average molecular weight is 394 g/mol. The number of nitrogens with zero attached hydrogens (tertiary/aromatic N) is 1. The van der Waals surface area contributed by atoms with Crippen molar-refractivity contribution in [2.24, 2.45) is 0 Å². The van der Waals surface area contributed by atoms with Crippen molar-refractivity contribution in [2.45, 2.75) is 24.8 Å². The predicted molar refractivity (Wildman–Crippen MR) is 98.5 cm³/mol. The fraction of sp³-hybridized carbons (Fsp3) is 0.353. The predicted octanol–water partition coefficient (Wildman–Crippen LogP) is 0.694. The summed E-state index contributed by atoms with van der Waals surface area (Å²) in [4.78, 5) is 37.8. The molecular formula is C17H18N2O5S2. The van der Waals surface area contributed by atoms with Crippen molar-refractivity contribution in [3.8, 4) is 0 Å². The van der Waals surface area contributed by atoms with Crippen LogP contribution in [0.2, 0.25) is 0 Å². The maximum Gasteiger partial charge on any atom is 0.353 e. The zero-order chi connectivity index (χ0) is 18.8. The van der Waals surface area contributed by atoms with Crippen LogP contribution in [-0.4, -0.2) is 55.3 Å². The van der Waals surface area contributed by atoms with Crippen molar-refractivity contribution >= 4 is 40.7 Å². The van der Waals surface area contributed by atoms with Crippen LogP contribution < -0.4 is 5.32 Å². The minimum Gasteiger partial charge on any atom is -0.614 e. The van der Waals surface area contributed by atoms with E-state index in [2.05, 4.69) is 5.32 Å². The molecule has 2 aliphatic heterocycles. The van der Waals surface area contributed by atoms with Crippen LogP contribution in [0, 0.1) is 0 Å². The average Bonchev–Trinajstić information content (AvgIpc) is 2.60. The third-order valence-electron chi connectivity index (χ3n) is 4.14. The highest BCUT2D eigenvalue weighted by Gasteiger charge is 2.61. The van der Waals surface area contributed by atoms with E-state index in [1.165, 1.54) is 11.8 Å². The second-order valence-corrected chi connectivity index (χ2v) is 8.73. The van der Waals surface area contributed by atoms with Crippen molar-refractivity contribution in [2.75, 3.05) is 11.5 Å². The second kappa shape index (κ2) is 7.73. The summed E-state index contributed by atoms with van der Waals surface area (Å²) in [5.41, 5.74) is 0.686. The molecule has 1 fully saturated rings. The molecule has 0 bridgehead atoms. The summed E-state index contributed by atoms with van der Waals surface area (Å²) in [5, 5.41) is 11.3. The number of thioether (sulfide) groups is 1. The highest BCUT2D eigenvalue weighted by Crippen LogP contribution is 2.40. The smallest absolute Gasteiger partial charge is 0.353 e.